The quantitative estimate of drug-likeness (QED) is 0.640. The monoisotopic (exact) mass is 420 g/mol. The van der Waals surface area contributed by atoms with E-state index < -0.39 is 22.0 Å². The van der Waals surface area contributed by atoms with Gasteiger partial charge in [0.05, 0.1) is 30.2 Å². The lowest BCUT2D eigenvalue weighted by atomic mass is 9.96. The Morgan fingerprint density at radius 3 is 2.22 bits per heavy atom. The van der Waals surface area contributed by atoms with Crippen LogP contribution in [-0.4, -0.2) is 54.2 Å². The average Bonchev–Trinajstić information content (AvgIpc) is 2.67. The largest absolute Gasteiger partial charge is 0.465 e. The Morgan fingerprint density at radius 1 is 1.15 bits per heavy atom. The average molecular weight is 421 g/mol. The minimum atomic E-state index is -3.88. The summed E-state index contributed by atoms with van der Waals surface area (Å²) in [4.78, 5) is 23.4. The first-order valence-corrected chi connectivity index (χ1v) is 9.88. The number of piperidine rings is 1. The van der Waals surface area contributed by atoms with Gasteiger partial charge in [-0.3, -0.25) is 0 Å². The third kappa shape index (κ3) is 6.46. The summed E-state index contributed by atoms with van der Waals surface area (Å²) in [5, 5.41) is 3.29. The van der Waals surface area contributed by atoms with E-state index in [4.69, 9.17) is 0 Å². The first kappa shape index (κ1) is 23.4. The lowest BCUT2D eigenvalue weighted by Gasteiger charge is -2.22. The van der Waals surface area contributed by atoms with Crippen molar-refractivity contribution in [1.29, 1.82) is 0 Å². The van der Waals surface area contributed by atoms with Crippen LogP contribution in [0.1, 0.15) is 40.0 Å². The molecule has 1 aromatic rings. The first-order valence-electron chi connectivity index (χ1n) is 8.39. The normalized spacial score (nSPS) is 16.9. The van der Waals surface area contributed by atoms with Crippen molar-refractivity contribution in [1.82, 2.24) is 10.0 Å². The molecule has 1 aliphatic rings. The fourth-order valence-corrected chi connectivity index (χ4v) is 3.99. The molecule has 10 heteroatoms. The molecule has 0 saturated carbocycles. The molecule has 8 nitrogen and oxygen atoms in total. The van der Waals surface area contributed by atoms with Gasteiger partial charge in [-0.25, -0.2) is 22.7 Å². The second kappa shape index (κ2) is 10.6. The van der Waals surface area contributed by atoms with E-state index >= 15 is 0 Å². The third-order valence-electron chi connectivity index (χ3n) is 4.30. The molecule has 2 N–H and O–H groups in total. The standard InChI is InChI=1S/C17H24N2O6S.ClH/c1-24-16(20)13-8-14(17(21)25-2)10-15(9-13)26(22,23)19-7-5-12-4-3-6-18-11-12;/h8-10,12,18-19H,3-7,11H2,1-2H3;1H. The molecule has 1 heterocycles. The second-order valence-corrected chi connectivity index (χ2v) is 7.90. The topological polar surface area (TPSA) is 111 Å². The van der Waals surface area contributed by atoms with E-state index in [1.807, 2.05) is 0 Å². The molecule has 2 rings (SSSR count). The van der Waals surface area contributed by atoms with Crippen LogP contribution in [0.5, 0.6) is 0 Å². The summed E-state index contributed by atoms with van der Waals surface area (Å²) in [7, 11) is -1.52. The first-order chi connectivity index (χ1) is 12.4. The Bertz CT molecular complexity index is 728. The smallest absolute Gasteiger partial charge is 0.337 e. The number of methoxy groups -OCH3 is 2. The Hall–Kier alpha value is -1.68. The van der Waals surface area contributed by atoms with E-state index in [9.17, 15) is 18.0 Å². The van der Waals surface area contributed by atoms with Crippen LogP contribution >= 0.6 is 12.4 Å². The van der Waals surface area contributed by atoms with Gasteiger partial charge in [-0.15, -0.1) is 12.4 Å². The number of carbonyl (C=O) groups excluding carboxylic acids is 2. The number of carbonyl (C=O) groups is 2. The van der Waals surface area contributed by atoms with Crippen LogP contribution in [0.25, 0.3) is 0 Å². The number of esters is 2. The fourth-order valence-electron chi connectivity index (χ4n) is 2.88. The predicted octanol–water partition coefficient (Wildman–Crippen LogP) is 1.35. The van der Waals surface area contributed by atoms with E-state index in [1.54, 1.807) is 0 Å². The van der Waals surface area contributed by atoms with Gasteiger partial charge in [-0.2, -0.15) is 0 Å². The van der Waals surface area contributed by atoms with Gasteiger partial charge >= 0.3 is 11.9 Å². The highest BCUT2D eigenvalue weighted by Gasteiger charge is 2.21. The molecule has 1 aromatic carbocycles. The van der Waals surface area contributed by atoms with Crippen LogP contribution in [-0.2, 0) is 19.5 Å². The molecule has 0 aliphatic carbocycles. The molecule has 0 radical (unpaired) electrons. The van der Waals surface area contributed by atoms with Gasteiger partial charge in [0, 0.05) is 6.54 Å². The van der Waals surface area contributed by atoms with Crippen LogP contribution in [0, 0.1) is 5.92 Å². The van der Waals surface area contributed by atoms with Gasteiger partial charge in [0.1, 0.15) is 0 Å². The number of nitrogens with one attached hydrogen (secondary N) is 2. The molecule has 0 bridgehead atoms. The second-order valence-electron chi connectivity index (χ2n) is 6.13. The van der Waals surface area contributed by atoms with Gasteiger partial charge in [0.25, 0.3) is 0 Å². The summed E-state index contributed by atoms with van der Waals surface area (Å²) in [6.07, 6.45) is 2.87. The van der Waals surface area contributed by atoms with Crippen molar-refractivity contribution in [2.45, 2.75) is 24.2 Å². The van der Waals surface area contributed by atoms with Crippen molar-refractivity contribution in [2.24, 2.45) is 5.92 Å². The van der Waals surface area contributed by atoms with Crippen LogP contribution in [0.4, 0.5) is 0 Å². The number of hydrogen-bond acceptors (Lipinski definition) is 7. The van der Waals surface area contributed by atoms with Crippen LogP contribution in [0.3, 0.4) is 0 Å². The summed E-state index contributed by atoms with van der Waals surface area (Å²) < 4.78 is 36.9. The molecule has 152 valence electrons. The minimum Gasteiger partial charge on any atom is -0.465 e. The molecule has 1 unspecified atom stereocenters. The van der Waals surface area contributed by atoms with Crippen molar-refractivity contribution in [3.8, 4) is 0 Å². The zero-order valence-corrected chi connectivity index (χ0v) is 17.0. The summed E-state index contributed by atoms with van der Waals surface area (Å²) in [6.45, 7) is 2.16. The number of sulfonamides is 1. The third-order valence-corrected chi connectivity index (χ3v) is 5.74. The van der Waals surface area contributed by atoms with E-state index in [0.717, 1.165) is 25.9 Å². The molecular weight excluding hydrogens is 396 g/mol. The Kier molecular flexibility index (Phi) is 9.17. The molecular formula is C17H25ClN2O6S. The lowest BCUT2D eigenvalue weighted by molar-refractivity contribution is 0.0598. The molecule has 1 saturated heterocycles. The predicted molar refractivity (Wildman–Crippen MR) is 102 cm³/mol. The molecule has 27 heavy (non-hydrogen) atoms. The zero-order chi connectivity index (χ0) is 19.2. The Balaban J connectivity index is 0.00000364. The molecule has 0 aromatic heterocycles. The highest BCUT2D eigenvalue weighted by atomic mass is 35.5. The van der Waals surface area contributed by atoms with Gasteiger partial charge < -0.3 is 14.8 Å². The number of ether oxygens (including phenoxy) is 2. The zero-order valence-electron chi connectivity index (χ0n) is 15.3. The van der Waals surface area contributed by atoms with Gasteiger partial charge in [0.2, 0.25) is 10.0 Å². The van der Waals surface area contributed by atoms with Crippen molar-refractivity contribution in [3.05, 3.63) is 29.3 Å². The van der Waals surface area contributed by atoms with Crippen LogP contribution < -0.4 is 10.0 Å². The summed E-state index contributed by atoms with van der Waals surface area (Å²) in [5.41, 5.74) is -0.0699. The van der Waals surface area contributed by atoms with Crippen LogP contribution in [0.15, 0.2) is 23.1 Å². The molecule has 1 fully saturated rings. The van der Waals surface area contributed by atoms with E-state index in [-0.39, 0.29) is 35.0 Å². The number of benzene rings is 1. The SMILES string of the molecule is COC(=O)c1cc(C(=O)OC)cc(S(=O)(=O)NCCC2CCCNC2)c1.Cl. The minimum absolute atomic E-state index is 0. The van der Waals surface area contributed by atoms with Crippen molar-refractivity contribution < 1.29 is 27.5 Å². The van der Waals surface area contributed by atoms with E-state index in [2.05, 4.69) is 19.5 Å². The van der Waals surface area contributed by atoms with Crippen molar-refractivity contribution in [2.75, 3.05) is 33.9 Å². The summed E-state index contributed by atoms with van der Waals surface area (Å²) >= 11 is 0. The van der Waals surface area contributed by atoms with Gasteiger partial charge in [-0.05, 0) is 56.5 Å². The molecule has 0 amide bonds. The maximum atomic E-state index is 12.6. The van der Waals surface area contributed by atoms with Gasteiger partial charge in [-0.1, -0.05) is 0 Å². The van der Waals surface area contributed by atoms with Crippen molar-refractivity contribution in [3.63, 3.8) is 0 Å². The van der Waals surface area contributed by atoms with Crippen molar-refractivity contribution >= 4 is 34.4 Å². The number of rotatable bonds is 7. The summed E-state index contributed by atoms with van der Waals surface area (Å²) in [6, 6.07) is 3.61. The Labute approximate surface area is 165 Å². The highest BCUT2D eigenvalue weighted by molar-refractivity contribution is 7.89. The van der Waals surface area contributed by atoms with Gasteiger partial charge in [0.15, 0.2) is 0 Å². The maximum absolute atomic E-state index is 12.6. The fraction of sp³-hybridized carbons (Fsp3) is 0.529. The number of hydrogen-bond donors (Lipinski definition) is 2. The highest BCUT2D eigenvalue weighted by Crippen LogP contribution is 2.18. The van der Waals surface area contributed by atoms with E-state index in [0.29, 0.717) is 12.3 Å². The number of halogens is 1. The summed E-state index contributed by atoms with van der Waals surface area (Å²) in [5.74, 6) is -1.04. The molecule has 1 atom stereocenters. The molecule has 0 spiro atoms. The lowest BCUT2D eigenvalue weighted by Crippen LogP contribution is -2.33. The molecule has 1 aliphatic heterocycles. The van der Waals surface area contributed by atoms with Crippen LogP contribution in [0.2, 0.25) is 0 Å². The maximum Gasteiger partial charge on any atom is 0.337 e. The Morgan fingerprint density at radius 2 is 1.74 bits per heavy atom. The van der Waals surface area contributed by atoms with E-state index in [1.165, 1.54) is 32.4 Å².